The molecule has 2 rings (SSSR count). The Morgan fingerprint density at radius 2 is 2.44 bits per heavy atom. The van der Waals surface area contributed by atoms with Crippen molar-refractivity contribution in [1.82, 2.24) is 5.32 Å². The lowest BCUT2D eigenvalue weighted by atomic mass is 10.0. The number of likely N-dealkylation sites (N-methyl/N-ethyl adjacent to an activating group) is 1. The largest absolute Gasteiger partial charge is 0.375 e. The van der Waals surface area contributed by atoms with Gasteiger partial charge in [-0.05, 0) is 37.2 Å². The van der Waals surface area contributed by atoms with Crippen LogP contribution in [0.1, 0.15) is 5.56 Å². The van der Waals surface area contributed by atoms with Crippen LogP contribution < -0.4 is 5.32 Å². The third-order valence-corrected chi connectivity index (χ3v) is 4.50. The van der Waals surface area contributed by atoms with Gasteiger partial charge in [-0.15, -0.1) is 0 Å². The van der Waals surface area contributed by atoms with Gasteiger partial charge in [0, 0.05) is 22.6 Å². The van der Waals surface area contributed by atoms with E-state index in [1.807, 2.05) is 18.8 Å². The summed E-state index contributed by atoms with van der Waals surface area (Å²) in [5.74, 6) is 1.77. The van der Waals surface area contributed by atoms with Crippen molar-refractivity contribution >= 4 is 23.4 Å². The molecule has 1 aliphatic rings. The number of benzene rings is 1. The number of hydrogen-bond donors (Lipinski definition) is 1. The number of hydrogen-bond acceptors (Lipinski definition) is 3. The summed E-state index contributed by atoms with van der Waals surface area (Å²) < 4.78 is 19.0. The Hall–Kier alpha value is -0.290. The molecule has 0 saturated carbocycles. The molecule has 1 aromatic rings. The lowest BCUT2D eigenvalue weighted by molar-refractivity contribution is 0.0492. The summed E-state index contributed by atoms with van der Waals surface area (Å²) in [6.45, 7) is 0.782. The predicted molar refractivity (Wildman–Crippen MR) is 75.0 cm³/mol. The van der Waals surface area contributed by atoms with Gasteiger partial charge >= 0.3 is 0 Å². The van der Waals surface area contributed by atoms with E-state index in [0.717, 1.165) is 23.7 Å². The highest BCUT2D eigenvalue weighted by atomic mass is 35.5. The maximum absolute atomic E-state index is 13.2. The summed E-state index contributed by atoms with van der Waals surface area (Å²) in [6.07, 6.45) is 0.839. The van der Waals surface area contributed by atoms with Crippen molar-refractivity contribution in [2.75, 3.05) is 25.2 Å². The summed E-state index contributed by atoms with van der Waals surface area (Å²) in [5, 5.41) is 3.86. The molecule has 1 N–H and O–H groups in total. The third-order valence-electron chi connectivity index (χ3n) is 3.11. The second-order valence-electron chi connectivity index (χ2n) is 4.32. The van der Waals surface area contributed by atoms with Crippen molar-refractivity contribution in [3.05, 3.63) is 34.6 Å². The zero-order valence-corrected chi connectivity index (χ0v) is 11.9. The molecule has 0 radical (unpaired) electrons. The van der Waals surface area contributed by atoms with Crippen molar-refractivity contribution in [2.24, 2.45) is 0 Å². The number of halogens is 2. The summed E-state index contributed by atoms with van der Waals surface area (Å²) in [7, 11) is 1.90. The molecule has 100 valence electrons. The van der Waals surface area contributed by atoms with E-state index in [4.69, 9.17) is 16.3 Å². The number of thioether (sulfide) groups is 1. The van der Waals surface area contributed by atoms with Gasteiger partial charge in [-0.1, -0.05) is 11.6 Å². The van der Waals surface area contributed by atoms with E-state index in [2.05, 4.69) is 5.32 Å². The molecule has 0 aliphatic carbocycles. The molecule has 1 fully saturated rings. The standard InChI is InChI=1S/C13H17ClFNOS/c1-16-12(13-8-18-5-4-17-13)7-9-6-10(15)2-3-11(9)14/h2-3,6,12-13,16H,4-5,7-8H2,1H3. The van der Waals surface area contributed by atoms with Crippen LogP contribution in [-0.2, 0) is 11.2 Å². The fraction of sp³-hybridized carbons (Fsp3) is 0.538. The van der Waals surface area contributed by atoms with Gasteiger partial charge in [0.1, 0.15) is 5.82 Å². The Bertz CT molecular complexity index is 399. The molecule has 5 heteroatoms. The van der Waals surface area contributed by atoms with Crippen LogP contribution in [0.4, 0.5) is 4.39 Å². The quantitative estimate of drug-likeness (QED) is 0.921. The number of ether oxygens (including phenoxy) is 1. The lowest BCUT2D eigenvalue weighted by Gasteiger charge is -2.30. The topological polar surface area (TPSA) is 21.3 Å². The fourth-order valence-electron chi connectivity index (χ4n) is 2.09. The van der Waals surface area contributed by atoms with Crippen molar-refractivity contribution < 1.29 is 9.13 Å². The monoisotopic (exact) mass is 289 g/mol. The summed E-state index contributed by atoms with van der Waals surface area (Å²) in [6, 6.07) is 4.66. The lowest BCUT2D eigenvalue weighted by Crippen LogP contribution is -2.44. The van der Waals surface area contributed by atoms with Crippen molar-refractivity contribution in [1.29, 1.82) is 0 Å². The van der Waals surface area contributed by atoms with E-state index in [9.17, 15) is 4.39 Å². The van der Waals surface area contributed by atoms with Gasteiger partial charge in [-0.3, -0.25) is 0 Å². The molecule has 1 heterocycles. The highest BCUT2D eigenvalue weighted by Gasteiger charge is 2.24. The molecule has 2 unspecified atom stereocenters. The Morgan fingerprint density at radius 1 is 1.61 bits per heavy atom. The molecule has 1 aromatic carbocycles. The van der Waals surface area contributed by atoms with Crippen LogP contribution in [0, 0.1) is 5.82 Å². The summed E-state index contributed by atoms with van der Waals surface area (Å²) >= 11 is 7.99. The van der Waals surface area contributed by atoms with Crippen molar-refractivity contribution in [3.8, 4) is 0 Å². The van der Waals surface area contributed by atoms with E-state index >= 15 is 0 Å². The van der Waals surface area contributed by atoms with E-state index in [-0.39, 0.29) is 18.0 Å². The SMILES string of the molecule is CNC(Cc1cc(F)ccc1Cl)C1CSCCO1. The molecule has 1 saturated heterocycles. The van der Waals surface area contributed by atoms with Crippen molar-refractivity contribution in [2.45, 2.75) is 18.6 Å². The fourth-order valence-corrected chi connectivity index (χ4v) is 3.23. The maximum Gasteiger partial charge on any atom is 0.123 e. The van der Waals surface area contributed by atoms with Crippen LogP contribution in [0.2, 0.25) is 5.02 Å². The maximum atomic E-state index is 13.2. The third kappa shape index (κ3) is 3.60. The van der Waals surface area contributed by atoms with E-state index in [0.29, 0.717) is 11.4 Å². The summed E-state index contributed by atoms with van der Waals surface area (Å²) in [5.41, 5.74) is 0.829. The van der Waals surface area contributed by atoms with Crippen LogP contribution in [-0.4, -0.2) is 37.3 Å². The molecular weight excluding hydrogens is 273 g/mol. The molecule has 0 bridgehead atoms. The Balaban J connectivity index is 2.06. The predicted octanol–water partition coefficient (Wildman–Crippen LogP) is 2.74. The van der Waals surface area contributed by atoms with Crippen LogP contribution in [0.3, 0.4) is 0 Å². The van der Waals surface area contributed by atoms with Gasteiger partial charge in [0.25, 0.3) is 0 Å². The summed E-state index contributed by atoms with van der Waals surface area (Å²) in [4.78, 5) is 0. The molecular formula is C13H17ClFNOS. The molecule has 1 aliphatic heterocycles. The zero-order chi connectivity index (χ0) is 13.0. The smallest absolute Gasteiger partial charge is 0.123 e. The van der Waals surface area contributed by atoms with Gasteiger partial charge < -0.3 is 10.1 Å². The van der Waals surface area contributed by atoms with Crippen LogP contribution in [0.25, 0.3) is 0 Å². The Kier molecular flexibility index (Phi) is 5.30. The average Bonchev–Trinajstić information content (AvgIpc) is 2.41. The Labute approximate surface area is 116 Å². The molecule has 0 aromatic heterocycles. The van der Waals surface area contributed by atoms with Crippen LogP contribution in [0.5, 0.6) is 0 Å². The molecule has 0 amide bonds. The molecule has 2 atom stereocenters. The minimum Gasteiger partial charge on any atom is -0.375 e. The van der Waals surface area contributed by atoms with E-state index in [1.165, 1.54) is 12.1 Å². The van der Waals surface area contributed by atoms with E-state index < -0.39 is 0 Å². The van der Waals surface area contributed by atoms with Gasteiger partial charge in [-0.2, -0.15) is 11.8 Å². The Morgan fingerprint density at radius 3 is 3.11 bits per heavy atom. The van der Waals surface area contributed by atoms with Gasteiger partial charge in [0.05, 0.1) is 12.7 Å². The molecule has 18 heavy (non-hydrogen) atoms. The van der Waals surface area contributed by atoms with Crippen LogP contribution in [0.15, 0.2) is 18.2 Å². The first-order valence-electron chi connectivity index (χ1n) is 6.01. The minimum atomic E-state index is -0.247. The van der Waals surface area contributed by atoms with Gasteiger partial charge in [0.15, 0.2) is 0 Å². The highest BCUT2D eigenvalue weighted by Crippen LogP contribution is 2.22. The average molecular weight is 290 g/mol. The first kappa shape index (κ1) is 14.1. The number of rotatable bonds is 4. The molecule has 2 nitrogen and oxygen atoms in total. The first-order chi connectivity index (χ1) is 8.70. The van der Waals surface area contributed by atoms with E-state index in [1.54, 1.807) is 6.07 Å². The zero-order valence-electron chi connectivity index (χ0n) is 10.3. The van der Waals surface area contributed by atoms with Gasteiger partial charge in [0.2, 0.25) is 0 Å². The normalized spacial score (nSPS) is 21.8. The van der Waals surface area contributed by atoms with Crippen molar-refractivity contribution in [3.63, 3.8) is 0 Å². The highest BCUT2D eigenvalue weighted by molar-refractivity contribution is 7.99. The second-order valence-corrected chi connectivity index (χ2v) is 5.88. The number of nitrogens with one attached hydrogen (secondary N) is 1. The first-order valence-corrected chi connectivity index (χ1v) is 7.54. The molecule has 0 spiro atoms. The minimum absolute atomic E-state index is 0.160. The van der Waals surface area contributed by atoms with Gasteiger partial charge in [-0.25, -0.2) is 4.39 Å². The second kappa shape index (κ2) is 6.75. The van der Waals surface area contributed by atoms with Crippen LogP contribution >= 0.6 is 23.4 Å².